The number of hydrogen-bond acceptors (Lipinski definition) is 6. The highest BCUT2D eigenvalue weighted by Gasteiger charge is 2.26. The molecule has 0 aromatic carbocycles. The van der Waals surface area contributed by atoms with E-state index in [1.165, 1.54) is 12.5 Å². The summed E-state index contributed by atoms with van der Waals surface area (Å²) in [6.45, 7) is 0. The van der Waals surface area contributed by atoms with Crippen molar-refractivity contribution in [1.29, 1.82) is 0 Å². The quantitative estimate of drug-likeness (QED) is 0.523. The topological polar surface area (TPSA) is 81.0 Å². The second-order valence-corrected chi connectivity index (χ2v) is 4.16. The largest absolute Gasteiger partial charge is 0.466 e. The van der Waals surface area contributed by atoms with Crippen LogP contribution in [0.1, 0.15) is 22.4 Å². The second-order valence-electron chi connectivity index (χ2n) is 4.16. The van der Waals surface area contributed by atoms with Crippen molar-refractivity contribution < 1.29 is 13.6 Å². The smallest absolute Gasteiger partial charge is 0.232 e. The van der Waals surface area contributed by atoms with Crippen LogP contribution in [0.3, 0.4) is 0 Å². The Hall–Kier alpha value is -3.02. The van der Waals surface area contributed by atoms with Gasteiger partial charge in [0.25, 0.3) is 0 Å². The molecule has 6 nitrogen and oxygen atoms in total. The Morgan fingerprint density at radius 2 is 1.90 bits per heavy atom. The highest BCUT2D eigenvalue weighted by atomic mass is 16.3. The lowest BCUT2D eigenvalue weighted by Crippen LogP contribution is -2.09. The predicted molar refractivity (Wildman–Crippen MR) is 73.2 cm³/mol. The van der Waals surface area contributed by atoms with Crippen LogP contribution in [-0.4, -0.2) is 10.8 Å². The Balaban J connectivity index is 1.90. The summed E-state index contributed by atoms with van der Waals surface area (Å²) in [6.07, 6.45) is 4.51. The predicted octanol–water partition coefficient (Wildman–Crippen LogP) is 3.98. The molecular weight excluding hydrogens is 270 g/mol. The number of carbonyl (C=O) groups is 1. The maximum absolute atomic E-state index is 12.4. The van der Waals surface area contributed by atoms with E-state index in [9.17, 15) is 4.79 Å². The van der Waals surface area contributed by atoms with Gasteiger partial charge in [-0.15, -0.1) is 5.11 Å². The molecule has 3 rings (SSSR count). The molecule has 0 aliphatic rings. The molecule has 3 aromatic rings. The van der Waals surface area contributed by atoms with E-state index in [4.69, 9.17) is 8.83 Å². The van der Waals surface area contributed by atoms with E-state index >= 15 is 0 Å². The molecule has 0 aliphatic carbocycles. The van der Waals surface area contributed by atoms with Crippen molar-refractivity contribution in [1.82, 2.24) is 4.98 Å². The zero-order chi connectivity index (χ0) is 14.5. The number of rotatable bonds is 5. The van der Waals surface area contributed by atoms with Crippen LogP contribution in [0.2, 0.25) is 0 Å². The Kier molecular flexibility index (Phi) is 3.68. The first kappa shape index (κ1) is 13.0. The van der Waals surface area contributed by atoms with Gasteiger partial charge in [-0.3, -0.25) is 4.79 Å². The molecule has 0 aliphatic heterocycles. The van der Waals surface area contributed by atoms with Gasteiger partial charge in [0.2, 0.25) is 5.78 Å². The number of nitrogens with zero attached hydrogens (tertiary/aromatic N) is 3. The van der Waals surface area contributed by atoms with Crippen molar-refractivity contribution in [3.05, 3.63) is 72.7 Å². The van der Waals surface area contributed by atoms with Crippen LogP contribution in [0.15, 0.2) is 80.3 Å². The number of pyridine rings is 1. The minimum atomic E-state index is -0.895. The summed E-state index contributed by atoms with van der Waals surface area (Å²) in [7, 11) is 0. The van der Waals surface area contributed by atoms with Crippen molar-refractivity contribution in [2.75, 3.05) is 0 Å². The Labute approximate surface area is 120 Å². The fourth-order valence-corrected chi connectivity index (χ4v) is 1.77. The van der Waals surface area contributed by atoms with Gasteiger partial charge in [-0.1, -0.05) is 6.07 Å². The van der Waals surface area contributed by atoms with Crippen LogP contribution in [0.4, 0.5) is 5.82 Å². The van der Waals surface area contributed by atoms with Crippen LogP contribution in [-0.2, 0) is 0 Å². The Morgan fingerprint density at radius 3 is 2.57 bits per heavy atom. The van der Waals surface area contributed by atoms with Gasteiger partial charge in [0.05, 0.1) is 12.5 Å². The number of furan rings is 2. The van der Waals surface area contributed by atoms with Crippen molar-refractivity contribution in [3.8, 4) is 0 Å². The molecule has 104 valence electrons. The third kappa shape index (κ3) is 2.94. The normalized spacial score (nSPS) is 12.6. The average Bonchev–Trinajstić information content (AvgIpc) is 3.22. The van der Waals surface area contributed by atoms with Gasteiger partial charge in [0, 0.05) is 6.20 Å². The highest BCUT2D eigenvalue weighted by Crippen LogP contribution is 2.25. The van der Waals surface area contributed by atoms with E-state index < -0.39 is 6.04 Å². The van der Waals surface area contributed by atoms with Crippen LogP contribution in [0.25, 0.3) is 0 Å². The van der Waals surface area contributed by atoms with E-state index in [1.807, 2.05) is 0 Å². The minimum Gasteiger partial charge on any atom is -0.466 e. The maximum Gasteiger partial charge on any atom is 0.232 e. The van der Waals surface area contributed by atoms with Gasteiger partial charge in [-0.2, -0.15) is 5.11 Å². The van der Waals surface area contributed by atoms with E-state index in [0.717, 1.165) is 0 Å². The van der Waals surface area contributed by atoms with Gasteiger partial charge >= 0.3 is 0 Å². The van der Waals surface area contributed by atoms with Gasteiger partial charge < -0.3 is 8.83 Å². The number of ketones is 1. The molecule has 1 unspecified atom stereocenters. The monoisotopic (exact) mass is 281 g/mol. The number of hydrogen-bond donors (Lipinski definition) is 0. The van der Waals surface area contributed by atoms with Crippen molar-refractivity contribution in [2.24, 2.45) is 10.2 Å². The molecule has 0 spiro atoms. The third-order valence-electron chi connectivity index (χ3n) is 2.75. The number of aromatic nitrogens is 1. The summed E-state index contributed by atoms with van der Waals surface area (Å²) < 4.78 is 10.4. The number of carbonyl (C=O) groups excluding carboxylic acids is 1. The molecule has 0 radical (unpaired) electrons. The van der Waals surface area contributed by atoms with Crippen molar-refractivity contribution >= 4 is 11.6 Å². The zero-order valence-electron chi connectivity index (χ0n) is 10.9. The summed E-state index contributed by atoms with van der Waals surface area (Å²) in [6, 6.07) is 10.9. The molecule has 0 saturated carbocycles. The summed E-state index contributed by atoms with van der Waals surface area (Å²) in [5, 5.41) is 8.04. The zero-order valence-corrected chi connectivity index (χ0v) is 10.9. The van der Waals surface area contributed by atoms with Gasteiger partial charge in [0.1, 0.15) is 5.76 Å². The summed E-state index contributed by atoms with van der Waals surface area (Å²) in [5.41, 5.74) is 0. The first-order valence-electron chi connectivity index (χ1n) is 6.27. The molecule has 1 atom stereocenters. The second kappa shape index (κ2) is 5.96. The lowest BCUT2D eigenvalue weighted by atomic mass is 10.1. The molecule has 3 aromatic heterocycles. The SMILES string of the molecule is O=C(c1ccco1)C(N=Nc1ccccn1)c1ccco1. The van der Waals surface area contributed by atoms with E-state index in [0.29, 0.717) is 11.6 Å². The standard InChI is InChI=1S/C15H11N3O3/c19-15(12-6-4-10-21-12)14(11-5-3-9-20-11)18-17-13-7-1-2-8-16-13/h1-10,14H. The minimum absolute atomic E-state index is 0.205. The number of azo groups is 1. The molecule has 3 heterocycles. The molecule has 0 saturated heterocycles. The third-order valence-corrected chi connectivity index (χ3v) is 2.75. The molecule has 0 N–H and O–H groups in total. The first-order chi connectivity index (χ1) is 10.3. The van der Waals surface area contributed by atoms with E-state index in [-0.39, 0.29) is 11.5 Å². The lowest BCUT2D eigenvalue weighted by molar-refractivity contribution is 0.0922. The molecule has 21 heavy (non-hydrogen) atoms. The molecule has 0 amide bonds. The first-order valence-corrected chi connectivity index (χ1v) is 6.27. The molecule has 6 heteroatoms. The van der Waals surface area contributed by atoms with Crippen molar-refractivity contribution in [2.45, 2.75) is 6.04 Å². The fourth-order valence-electron chi connectivity index (χ4n) is 1.77. The van der Waals surface area contributed by atoms with Gasteiger partial charge in [-0.25, -0.2) is 4.98 Å². The average molecular weight is 281 g/mol. The Morgan fingerprint density at radius 1 is 1.05 bits per heavy atom. The summed E-state index contributed by atoms with van der Waals surface area (Å²) >= 11 is 0. The van der Waals surface area contributed by atoms with Crippen LogP contribution >= 0.6 is 0 Å². The molecule has 0 bridgehead atoms. The van der Waals surface area contributed by atoms with E-state index in [1.54, 1.807) is 48.7 Å². The Bertz CT molecular complexity index is 719. The fraction of sp³-hybridized carbons (Fsp3) is 0.0667. The van der Waals surface area contributed by atoms with Gasteiger partial charge in [-0.05, 0) is 36.4 Å². The summed E-state index contributed by atoms with van der Waals surface area (Å²) in [4.78, 5) is 16.4. The van der Waals surface area contributed by atoms with Crippen molar-refractivity contribution in [3.63, 3.8) is 0 Å². The number of Topliss-reactive ketones (excluding diaryl/α,β-unsaturated/α-hetero) is 1. The van der Waals surface area contributed by atoms with Crippen LogP contribution < -0.4 is 0 Å². The van der Waals surface area contributed by atoms with Crippen LogP contribution in [0, 0.1) is 0 Å². The van der Waals surface area contributed by atoms with Crippen LogP contribution in [0.5, 0.6) is 0 Å². The summed E-state index contributed by atoms with van der Waals surface area (Å²) in [5.74, 6) is 0.698. The molecule has 0 fully saturated rings. The maximum atomic E-state index is 12.4. The van der Waals surface area contributed by atoms with E-state index in [2.05, 4.69) is 15.2 Å². The van der Waals surface area contributed by atoms with Gasteiger partial charge in [0.15, 0.2) is 17.6 Å². The lowest BCUT2D eigenvalue weighted by Gasteiger charge is -2.05. The highest BCUT2D eigenvalue weighted by molar-refractivity contribution is 5.98. The molecular formula is C15H11N3O3.